The first-order chi connectivity index (χ1) is 17.6. The molecule has 3 aromatic heterocycles. The Balaban J connectivity index is 1.54. The number of carbonyl (C=O) groups is 1. The van der Waals surface area contributed by atoms with Gasteiger partial charge in [0.05, 0.1) is 16.9 Å². The second-order valence-electron chi connectivity index (χ2n) is 10.2. The molecule has 184 valence electrons. The molecule has 0 radical (unpaired) electrons. The zero-order valence-electron chi connectivity index (χ0n) is 21.8. The van der Waals surface area contributed by atoms with Crippen molar-refractivity contribution in [2.75, 3.05) is 10.6 Å². The summed E-state index contributed by atoms with van der Waals surface area (Å²) >= 11 is 0. The van der Waals surface area contributed by atoms with E-state index in [-0.39, 0.29) is 5.91 Å². The molecular formula is C24H27B3N8O2. The molecule has 5 rings (SSSR count). The van der Waals surface area contributed by atoms with E-state index in [1.807, 2.05) is 74.9 Å². The predicted octanol–water partition coefficient (Wildman–Crippen LogP) is 0.509. The van der Waals surface area contributed by atoms with Gasteiger partial charge in [0.1, 0.15) is 53.3 Å². The molecule has 1 amide bonds. The summed E-state index contributed by atoms with van der Waals surface area (Å²) in [6.45, 7) is 4.16. The van der Waals surface area contributed by atoms with Crippen LogP contribution < -0.4 is 20.7 Å². The van der Waals surface area contributed by atoms with Gasteiger partial charge in [-0.2, -0.15) is 5.10 Å². The van der Waals surface area contributed by atoms with Crippen molar-refractivity contribution in [3.8, 4) is 17.0 Å². The summed E-state index contributed by atoms with van der Waals surface area (Å²) in [6, 6.07) is 9.48. The number of aromatic nitrogens is 5. The fourth-order valence-electron chi connectivity index (χ4n) is 4.27. The van der Waals surface area contributed by atoms with Crippen molar-refractivity contribution in [3.63, 3.8) is 0 Å². The average molecular weight is 492 g/mol. The van der Waals surface area contributed by atoms with E-state index in [9.17, 15) is 4.79 Å². The van der Waals surface area contributed by atoms with Crippen LogP contribution >= 0.6 is 0 Å². The van der Waals surface area contributed by atoms with Crippen LogP contribution in [0.3, 0.4) is 0 Å². The van der Waals surface area contributed by atoms with E-state index in [1.165, 1.54) is 0 Å². The van der Waals surface area contributed by atoms with Gasteiger partial charge in [0.25, 0.3) is 5.91 Å². The molecule has 0 unspecified atom stereocenters. The highest BCUT2D eigenvalue weighted by Gasteiger charge is 2.25. The Morgan fingerprint density at radius 3 is 2.65 bits per heavy atom. The van der Waals surface area contributed by atoms with Gasteiger partial charge in [-0.25, -0.2) is 15.0 Å². The van der Waals surface area contributed by atoms with Crippen LogP contribution in [-0.2, 0) is 13.7 Å². The summed E-state index contributed by atoms with van der Waals surface area (Å²) in [6.07, 6.45) is 3.52. The van der Waals surface area contributed by atoms with Crippen molar-refractivity contribution in [3.05, 3.63) is 65.4 Å². The predicted molar refractivity (Wildman–Crippen MR) is 151 cm³/mol. The van der Waals surface area contributed by atoms with E-state index >= 15 is 0 Å². The molecule has 0 atom stereocenters. The van der Waals surface area contributed by atoms with Crippen molar-refractivity contribution < 1.29 is 9.53 Å². The zero-order chi connectivity index (χ0) is 26.3. The number of aryl methyl sites for hydroxylation is 3. The van der Waals surface area contributed by atoms with Crippen molar-refractivity contribution in [1.29, 1.82) is 0 Å². The number of rotatable bonds is 6. The van der Waals surface area contributed by atoms with Crippen LogP contribution in [0.15, 0.2) is 42.7 Å². The number of carbonyl (C=O) groups excluding carboxylic acids is 1. The topological polar surface area (TPSA) is 119 Å². The molecule has 0 fully saturated rings. The Morgan fingerprint density at radius 2 is 1.89 bits per heavy atom. The second kappa shape index (κ2) is 9.31. The van der Waals surface area contributed by atoms with Crippen LogP contribution in [0.1, 0.15) is 27.4 Å². The summed E-state index contributed by atoms with van der Waals surface area (Å²) in [4.78, 5) is 26.5. The highest BCUT2D eigenvalue weighted by molar-refractivity contribution is 6.60. The summed E-state index contributed by atoms with van der Waals surface area (Å²) in [7, 11) is 7.71. The Bertz CT molecular complexity index is 1500. The third-order valence-corrected chi connectivity index (χ3v) is 5.68. The number of anilines is 4. The Hall–Kier alpha value is -4.28. The molecule has 0 bridgehead atoms. The minimum atomic E-state index is -0.411. The maximum atomic E-state index is 13.2. The molecule has 4 aromatic rings. The van der Waals surface area contributed by atoms with Crippen LogP contribution in [-0.4, -0.2) is 59.4 Å². The van der Waals surface area contributed by atoms with E-state index in [0.29, 0.717) is 41.1 Å². The van der Waals surface area contributed by atoms with Gasteiger partial charge in [0, 0.05) is 48.4 Å². The summed E-state index contributed by atoms with van der Waals surface area (Å²) in [5.74, 6) is 2.26. The van der Waals surface area contributed by atoms with E-state index < -0.39 is 5.24 Å². The van der Waals surface area contributed by atoms with Crippen LogP contribution in [0.25, 0.3) is 11.3 Å². The smallest absolute Gasteiger partial charge is 0.253 e. The lowest BCUT2D eigenvalue weighted by atomic mass is 9.49. The summed E-state index contributed by atoms with van der Waals surface area (Å²) < 4.78 is 7.92. The number of amides is 1. The number of hydrogen-bond acceptors (Lipinski definition) is 8. The minimum absolute atomic E-state index is 0.236. The van der Waals surface area contributed by atoms with E-state index in [0.717, 1.165) is 28.2 Å². The van der Waals surface area contributed by atoms with Gasteiger partial charge in [0.2, 0.25) is 0 Å². The molecule has 1 aliphatic heterocycles. The van der Waals surface area contributed by atoms with Gasteiger partial charge in [-0.15, -0.1) is 0 Å². The van der Waals surface area contributed by atoms with Gasteiger partial charge in [-0.1, -0.05) is 6.07 Å². The van der Waals surface area contributed by atoms with E-state index in [2.05, 4.69) is 36.0 Å². The Kier molecular flexibility index (Phi) is 6.14. The molecule has 1 aromatic carbocycles. The number of hydrogen-bond donors (Lipinski definition) is 3. The molecule has 13 heteroatoms. The molecular weight excluding hydrogens is 465 g/mol. The van der Waals surface area contributed by atoms with Crippen molar-refractivity contribution in [2.24, 2.45) is 7.05 Å². The first-order valence-electron chi connectivity index (χ1n) is 12.0. The van der Waals surface area contributed by atoms with E-state index in [4.69, 9.17) is 4.74 Å². The molecule has 3 N–H and O–H groups in total. The molecule has 10 nitrogen and oxygen atoms in total. The van der Waals surface area contributed by atoms with Crippen LogP contribution in [0, 0.1) is 13.8 Å². The highest BCUT2D eigenvalue weighted by Crippen LogP contribution is 2.42. The standard InChI is InChI=1S/C24H27B3N8O2/c1-12-7-20(30-13(2)29-12)32-19-8-18(16(9-28-19)23(36)33-24(25,26)27)31-17-6-4-5-15-21-14(10-35(3)34-21)11-37-22(15)17/h4-10H,11,25-27H2,1-3H3,(H,33,36)(H2,28,29,30,31,32). The lowest BCUT2D eigenvalue weighted by molar-refractivity contribution is 0.0953. The molecule has 0 spiro atoms. The van der Waals surface area contributed by atoms with Crippen molar-refractivity contribution in [1.82, 2.24) is 30.0 Å². The van der Waals surface area contributed by atoms with Crippen molar-refractivity contribution >= 4 is 52.5 Å². The quantitative estimate of drug-likeness (QED) is 0.334. The summed E-state index contributed by atoms with van der Waals surface area (Å²) in [5.41, 5.74) is 5.37. The SMILES string of the molecule is BC(B)(B)NC(=O)c1cnc(Nc2cc(C)nc(C)n2)cc1Nc1cccc2c1OCc1cn(C)nc1-2. The summed E-state index contributed by atoms with van der Waals surface area (Å²) in [5, 5.41) is 13.9. The Labute approximate surface area is 217 Å². The van der Waals surface area contributed by atoms with Crippen LogP contribution in [0.5, 0.6) is 5.75 Å². The monoisotopic (exact) mass is 492 g/mol. The number of para-hydroxylation sites is 1. The molecule has 37 heavy (non-hydrogen) atoms. The Morgan fingerprint density at radius 1 is 1.08 bits per heavy atom. The lowest BCUT2D eigenvalue weighted by Gasteiger charge is -2.23. The zero-order valence-corrected chi connectivity index (χ0v) is 21.8. The van der Waals surface area contributed by atoms with Crippen molar-refractivity contribution in [2.45, 2.75) is 25.7 Å². The maximum absolute atomic E-state index is 13.2. The van der Waals surface area contributed by atoms with Gasteiger partial charge in [-0.3, -0.25) is 9.48 Å². The average Bonchev–Trinajstić information content (AvgIpc) is 3.18. The molecule has 0 saturated carbocycles. The number of benzene rings is 1. The fourth-order valence-corrected chi connectivity index (χ4v) is 4.27. The third kappa shape index (κ3) is 5.30. The number of fused-ring (bicyclic) bond motifs is 3. The number of ether oxygens (including phenoxy) is 1. The van der Waals surface area contributed by atoms with Crippen LogP contribution in [0.2, 0.25) is 0 Å². The number of pyridine rings is 1. The largest absolute Gasteiger partial charge is 0.486 e. The van der Waals surface area contributed by atoms with Crippen LogP contribution in [0.4, 0.5) is 23.0 Å². The van der Waals surface area contributed by atoms with Gasteiger partial charge >= 0.3 is 0 Å². The molecule has 0 saturated heterocycles. The van der Waals surface area contributed by atoms with Gasteiger partial charge < -0.3 is 20.7 Å². The van der Waals surface area contributed by atoms with E-state index in [1.54, 1.807) is 16.9 Å². The molecule has 1 aliphatic rings. The number of nitrogens with one attached hydrogen (secondary N) is 3. The first kappa shape index (κ1) is 24.4. The van der Waals surface area contributed by atoms with Gasteiger partial charge in [0.15, 0.2) is 5.75 Å². The highest BCUT2D eigenvalue weighted by atomic mass is 16.5. The third-order valence-electron chi connectivity index (χ3n) is 5.68. The lowest BCUT2D eigenvalue weighted by Crippen LogP contribution is -2.50. The van der Waals surface area contributed by atoms with Gasteiger partial charge in [-0.05, 0) is 31.2 Å². The molecule has 4 heterocycles. The maximum Gasteiger partial charge on any atom is 0.253 e. The normalized spacial score (nSPS) is 12.2. The fraction of sp³-hybridized carbons (Fsp3) is 0.208. The molecule has 0 aliphatic carbocycles. The minimum Gasteiger partial charge on any atom is -0.486 e. The number of nitrogens with zero attached hydrogens (tertiary/aromatic N) is 5. The first-order valence-corrected chi connectivity index (χ1v) is 12.0. The second-order valence-corrected chi connectivity index (χ2v) is 10.2.